The molecule has 1 amide bonds. The molecule has 4 nitrogen and oxygen atoms in total. The molecule has 0 fully saturated rings. The molecule has 0 saturated heterocycles. The number of rotatable bonds is 6. The van der Waals surface area contributed by atoms with Crippen molar-refractivity contribution >= 4 is 29.1 Å². The first-order valence-electron chi connectivity index (χ1n) is 6.98. The number of halogens is 2. The van der Waals surface area contributed by atoms with Gasteiger partial charge < -0.3 is 14.8 Å². The number of benzene rings is 2. The fourth-order valence-corrected chi connectivity index (χ4v) is 2.67. The molecule has 6 heteroatoms. The molecule has 0 unspecified atom stereocenters. The summed E-state index contributed by atoms with van der Waals surface area (Å²) in [6.07, 6.45) is 0.667. The van der Waals surface area contributed by atoms with Crippen LogP contribution in [0, 0.1) is 0 Å². The summed E-state index contributed by atoms with van der Waals surface area (Å²) >= 11 is 11.8. The molecule has 0 saturated carbocycles. The zero-order valence-electron chi connectivity index (χ0n) is 12.9. The van der Waals surface area contributed by atoms with E-state index in [1.54, 1.807) is 32.4 Å². The van der Waals surface area contributed by atoms with Crippen molar-refractivity contribution in [2.24, 2.45) is 0 Å². The number of hydrogen-bond donors (Lipinski definition) is 1. The van der Waals surface area contributed by atoms with Crippen LogP contribution in [0.4, 0.5) is 0 Å². The Kier molecular flexibility index (Phi) is 6.13. The number of amides is 1. The van der Waals surface area contributed by atoms with Gasteiger partial charge in [0.15, 0.2) is 11.5 Å². The second-order valence-electron chi connectivity index (χ2n) is 4.85. The zero-order valence-corrected chi connectivity index (χ0v) is 14.4. The van der Waals surface area contributed by atoms with Gasteiger partial charge in [0.25, 0.3) is 5.91 Å². The van der Waals surface area contributed by atoms with Gasteiger partial charge in [0.1, 0.15) is 0 Å². The van der Waals surface area contributed by atoms with Crippen LogP contribution in [0.25, 0.3) is 0 Å². The molecule has 122 valence electrons. The first-order chi connectivity index (χ1) is 11.0. The Balaban J connectivity index is 1.95. The molecule has 0 spiro atoms. The standard InChI is InChI=1S/C17H17Cl2NO3/c1-22-15-4-3-11(7-16(15)23-2)5-6-20-17(21)12-8-13(18)10-14(19)9-12/h3-4,7-10H,5-6H2,1-2H3,(H,20,21). The molecule has 0 radical (unpaired) electrons. The topological polar surface area (TPSA) is 47.6 Å². The molecule has 0 aromatic heterocycles. The maximum atomic E-state index is 12.1. The average Bonchev–Trinajstić information content (AvgIpc) is 2.53. The number of carbonyl (C=O) groups excluding carboxylic acids is 1. The van der Waals surface area contributed by atoms with E-state index in [4.69, 9.17) is 32.7 Å². The lowest BCUT2D eigenvalue weighted by Crippen LogP contribution is -2.25. The van der Waals surface area contributed by atoms with Crippen LogP contribution >= 0.6 is 23.2 Å². The zero-order chi connectivity index (χ0) is 16.8. The molecule has 1 N–H and O–H groups in total. The minimum Gasteiger partial charge on any atom is -0.493 e. The van der Waals surface area contributed by atoms with Crippen molar-refractivity contribution in [1.29, 1.82) is 0 Å². The SMILES string of the molecule is COc1ccc(CCNC(=O)c2cc(Cl)cc(Cl)c2)cc1OC. The summed E-state index contributed by atoms with van der Waals surface area (Å²) in [7, 11) is 3.18. The third-order valence-corrected chi connectivity index (χ3v) is 3.71. The smallest absolute Gasteiger partial charge is 0.251 e. The monoisotopic (exact) mass is 353 g/mol. The molecule has 2 aromatic rings. The summed E-state index contributed by atoms with van der Waals surface area (Å²) in [4.78, 5) is 12.1. The third-order valence-electron chi connectivity index (χ3n) is 3.27. The Hall–Kier alpha value is -1.91. The summed E-state index contributed by atoms with van der Waals surface area (Å²) in [5.41, 5.74) is 1.47. The predicted octanol–water partition coefficient (Wildman–Crippen LogP) is 3.98. The summed E-state index contributed by atoms with van der Waals surface area (Å²) < 4.78 is 10.5. The van der Waals surface area contributed by atoms with Crippen molar-refractivity contribution in [3.8, 4) is 11.5 Å². The highest BCUT2D eigenvalue weighted by Gasteiger charge is 2.08. The summed E-state index contributed by atoms with van der Waals surface area (Å²) in [5.74, 6) is 1.13. The van der Waals surface area contributed by atoms with Gasteiger partial charge in [0, 0.05) is 22.2 Å². The average molecular weight is 354 g/mol. The Bertz CT molecular complexity index is 684. The summed E-state index contributed by atoms with van der Waals surface area (Å²) in [5, 5.41) is 3.71. The van der Waals surface area contributed by atoms with Crippen LogP contribution in [-0.4, -0.2) is 26.7 Å². The van der Waals surface area contributed by atoms with Gasteiger partial charge in [-0.2, -0.15) is 0 Å². The number of hydrogen-bond acceptors (Lipinski definition) is 3. The van der Waals surface area contributed by atoms with Crippen LogP contribution in [-0.2, 0) is 6.42 Å². The van der Waals surface area contributed by atoms with E-state index < -0.39 is 0 Å². The molecule has 0 heterocycles. The van der Waals surface area contributed by atoms with Gasteiger partial charge in [-0.25, -0.2) is 0 Å². The molecule has 0 aliphatic carbocycles. The molecule has 0 aliphatic rings. The Morgan fingerprint density at radius 3 is 2.26 bits per heavy atom. The van der Waals surface area contributed by atoms with Gasteiger partial charge in [-0.1, -0.05) is 29.3 Å². The van der Waals surface area contributed by atoms with E-state index in [0.29, 0.717) is 40.1 Å². The summed E-state index contributed by atoms with van der Waals surface area (Å²) in [6.45, 7) is 0.485. The fraction of sp³-hybridized carbons (Fsp3) is 0.235. The van der Waals surface area contributed by atoms with Gasteiger partial charge in [0.2, 0.25) is 0 Å². The lowest BCUT2D eigenvalue weighted by atomic mass is 10.1. The van der Waals surface area contributed by atoms with E-state index in [9.17, 15) is 4.79 Å². The summed E-state index contributed by atoms with van der Waals surface area (Å²) in [6, 6.07) is 10.4. The van der Waals surface area contributed by atoms with E-state index in [0.717, 1.165) is 5.56 Å². The van der Waals surface area contributed by atoms with Gasteiger partial charge in [-0.15, -0.1) is 0 Å². The van der Waals surface area contributed by atoms with Crippen molar-refractivity contribution in [2.45, 2.75) is 6.42 Å². The van der Waals surface area contributed by atoms with Crippen molar-refractivity contribution in [1.82, 2.24) is 5.32 Å². The van der Waals surface area contributed by atoms with E-state index in [2.05, 4.69) is 5.32 Å². The van der Waals surface area contributed by atoms with Gasteiger partial charge in [-0.05, 0) is 42.3 Å². The Morgan fingerprint density at radius 1 is 1.00 bits per heavy atom. The van der Waals surface area contributed by atoms with Crippen LogP contribution in [0.3, 0.4) is 0 Å². The van der Waals surface area contributed by atoms with Crippen LogP contribution in [0.15, 0.2) is 36.4 Å². The Labute approximate surface area is 145 Å². The Morgan fingerprint density at radius 2 is 1.65 bits per heavy atom. The minimum absolute atomic E-state index is 0.213. The van der Waals surface area contributed by atoms with E-state index in [-0.39, 0.29) is 5.91 Å². The molecular formula is C17H17Cl2NO3. The van der Waals surface area contributed by atoms with Crippen LogP contribution in [0.2, 0.25) is 10.0 Å². The van der Waals surface area contributed by atoms with E-state index in [1.807, 2.05) is 18.2 Å². The van der Waals surface area contributed by atoms with Crippen LogP contribution in [0.1, 0.15) is 15.9 Å². The molecule has 2 rings (SSSR count). The largest absolute Gasteiger partial charge is 0.493 e. The molecule has 0 atom stereocenters. The van der Waals surface area contributed by atoms with Gasteiger partial charge in [-0.3, -0.25) is 4.79 Å². The first kappa shape index (κ1) is 17.4. The van der Waals surface area contributed by atoms with Crippen LogP contribution in [0.5, 0.6) is 11.5 Å². The lowest BCUT2D eigenvalue weighted by molar-refractivity contribution is 0.0954. The molecular weight excluding hydrogens is 337 g/mol. The van der Waals surface area contributed by atoms with Crippen molar-refractivity contribution in [3.63, 3.8) is 0 Å². The highest BCUT2D eigenvalue weighted by atomic mass is 35.5. The number of ether oxygens (including phenoxy) is 2. The van der Waals surface area contributed by atoms with E-state index >= 15 is 0 Å². The second kappa shape index (κ2) is 8.09. The van der Waals surface area contributed by atoms with E-state index in [1.165, 1.54) is 0 Å². The van der Waals surface area contributed by atoms with Crippen molar-refractivity contribution in [3.05, 3.63) is 57.6 Å². The van der Waals surface area contributed by atoms with Gasteiger partial charge >= 0.3 is 0 Å². The van der Waals surface area contributed by atoms with Crippen molar-refractivity contribution in [2.75, 3.05) is 20.8 Å². The fourth-order valence-electron chi connectivity index (χ4n) is 2.14. The normalized spacial score (nSPS) is 10.3. The van der Waals surface area contributed by atoms with Gasteiger partial charge in [0.05, 0.1) is 14.2 Å². The first-order valence-corrected chi connectivity index (χ1v) is 7.74. The van der Waals surface area contributed by atoms with Crippen LogP contribution < -0.4 is 14.8 Å². The molecule has 0 aliphatic heterocycles. The third kappa shape index (κ3) is 4.78. The minimum atomic E-state index is -0.213. The second-order valence-corrected chi connectivity index (χ2v) is 5.73. The number of carbonyl (C=O) groups is 1. The predicted molar refractivity (Wildman–Crippen MR) is 92.0 cm³/mol. The molecule has 0 bridgehead atoms. The number of nitrogens with one attached hydrogen (secondary N) is 1. The van der Waals surface area contributed by atoms with Crippen molar-refractivity contribution < 1.29 is 14.3 Å². The molecule has 23 heavy (non-hydrogen) atoms. The highest BCUT2D eigenvalue weighted by molar-refractivity contribution is 6.35. The lowest BCUT2D eigenvalue weighted by Gasteiger charge is -2.10. The quantitative estimate of drug-likeness (QED) is 0.854. The molecule has 2 aromatic carbocycles. The number of methoxy groups -OCH3 is 2. The maximum absolute atomic E-state index is 12.1. The highest BCUT2D eigenvalue weighted by Crippen LogP contribution is 2.27. The maximum Gasteiger partial charge on any atom is 0.251 e.